The number of fused-ring (bicyclic) bond motifs is 2. The van der Waals surface area contributed by atoms with E-state index in [2.05, 4.69) is 48.3 Å². The van der Waals surface area contributed by atoms with E-state index in [1.165, 1.54) is 11.1 Å². The van der Waals surface area contributed by atoms with Gasteiger partial charge in [0.15, 0.2) is 0 Å². The van der Waals surface area contributed by atoms with E-state index < -0.39 is 0 Å². The molecule has 0 bridgehead atoms. The number of amides is 1. The molecule has 0 radical (unpaired) electrons. The van der Waals surface area contributed by atoms with Gasteiger partial charge in [-0.1, -0.05) is 50.2 Å². The van der Waals surface area contributed by atoms with Crippen LogP contribution in [0.15, 0.2) is 53.3 Å². The SMILES string of the molecule is CNC(=O)Cn1c(=O)n(C2CCN(C3CC(C)(C)c4ccccc43)CC2)c2ccccc21. The van der Waals surface area contributed by atoms with Gasteiger partial charge in [-0.3, -0.25) is 18.8 Å². The van der Waals surface area contributed by atoms with Crippen molar-refractivity contribution in [3.63, 3.8) is 0 Å². The lowest BCUT2D eigenvalue weighted by molar-refractivity contribution is -0.121. The summed E-state index contributed by atoms with van der Waals surface area (Å²) in [5.74, 6) is -0.160. The van der Waals surface area contributed by atoms with Gasteiger partial charge < -0.3 is 5.32 Å². The van der Waals surface area contributed by atoms with Crippen molar-refractivity contribution < 1.29 is 4.79 Å². The number of likely N-dealkylation sites (N-methyl/N-ethyl adjacent to an activating group) is 1. The molecule has 1 unspecified atom stereocenters. The quantitative estimate of drug-likeness (QED) is 0.685. The number of hydrogen-bond donors (Lipinski definition) is 1. The average Bonchev–Trinajstić information content (AvgIpc) is 3.24. The van der Waals surface area contributed by atoms with Gasteiger partial charge >= 0.3 is 5.69 Å². The number of nitrogens with one attached hydrogen (secondary N) is 1. The molecular formula is C26H32N4O2. The Morgan fingerprint density at radius 3 is 2.41 bits per heavy atom. The van der Waals surface area contributed by atoms with Crippen molar-refractivity contribution in [3.8, 4) is 0 Å². The van der Waals surface area contributed by atoms with E-state index in [1.54, 1.807) is 11.6 Å². The molecule has 1 N–H and O–H groups in total. The minimum atomic E-state index is -0.160. The fraction of sp³-hybridized carbons (Fsp3) is 0.462. The van der Waals surface area contributed by atoms with Crippen LogP contribution in [0.25, 0.3) is 11.0 Å². The van der Waals surface area contributed by atoms with Gasteiger partial charge in [0, 0.05) is 32.2 Å². The van der Waals surface area contributed by atoms with Crippen LogP contribution >= 0.6 is 0 Å². The first kappa shape index (κ1) is 21.0. The van der Waals surface area contributed by atoms with E-state index in [4.69, 9.17) is 0 Å². The van der Waals surface area contributed by atoms with E-state index in [1.807, 2.05) is 28.8 Å². The molecule has 32 heavy (non-hydrogen) atoms. The number of para-hydroxylation sites is 2. The number of benzene rings is 2. The molecule has 1 aromatic heterocycles. The molecule has 1 aliphatic carbocycles. The number of nitrogens with zero attached hydrogens (tertiary/aromatic N) is 3. The highest BCUT2D eigenvalue weighted by Crippen LogP contribution is 2.48. The highest BCUT2D eigenvalue weighted by molar-refractivity contribution is 5.80. The Kier molecular flexibility index (Phi) is 5.20. The first-order valence-corrected chi connectivity index (χ1v) is 11.6. The van der Waals surface area contributed by atoms with Crippen LogP contribution in [0.3, 0.4) is 0 Å². The molecule has 6 nitrogen and oxygen atoms in total. The lowest BCUT2D eigenvalue weighted by atomic mass is 9.86. The molecule has 6 heteroatoms. The number of rotatable bonds is 4. The smallest absolute Gasteiger partial charge is 0.329 e. The number of likely N-dealkylation sites (tertiary alicyclic amines) is 1. The van der Waals surface area contributed by atoms with Crippen LogP contribution in [0.5, 0.6) is 0 Å². The third kappa shape index (κ3) is 3.37. The first-order valence-electron chi connectivity index (χ1n) is 11.6. The fourth-order valence-corrected chi connectivity index (χ4v) is 5.85. The zero-order chi connectivity index (χ0) is 22.5. The molecule has 0 spiro atoms. The summed E-state index contributed by atoms with van der Waals surface area (Å²) in [7, 11) is 1.60. The van der Waals surface area contributed by atoms with Crippen molar-refractivity contribution in [3.05, 3.63) is 70.1 Å². The van der Waals surface area contributed by atoms with Crippen molar-refractivity contribution in [2.24, 2.45) is 0 Å². The normalized spacial score (nSPS) is 21.0. The van der Waals surface area contributed by atoms with Crippen molar-refractivity contribution >= 4 is 16.9 Å². The van der Waals surface area contributed by atoms with E-state index in [9.17, 15) is 9.59 Å². The fourth-order valence-electron chi connectivity index (χ4n) is 5.85. The number of imidazole rings is 1. The Hall–Kier alpha value is -2.86. The molecule has 0 saturated carbocycles. The lowest BCUT2D eigenvalue weighted by Crippen LogP contribution is -2.40. The molecule has 1 saturated heterocycles. The minimum Gasteiger partial charge on any atom is -0.358 e. The summed E-state index contributed by atoms with van der Waals surface area (Å²) in [6.07, 6.45) is 3.02. The molecule has 5 rings (SSSR count). The van der Waals surface area contributed by atoms with Crippen LogP contribution in [-0.4, -0.2) is 40.1 Å². The molecule has 2 aliphatic rings. The second-order valence-corrected chi connectivity index (χ2v) is 9.86. The monoisotopic (exact) mass is 432 g/mol. The van der Waals surface area contributed by atoms with Gasteiger partial charge in [0.2, 0.25) is 5.91 Å². The van der Waals surface area contributed by atoms with Crippen LogP contribution in [-0.2, 0) is 16.8 Å². The summed E-state index contributed by atoms with van der Waals surface area (Å²) in [6, 6.07) is 17.3. The molecule has 1 amide bonds. The van der Waals surface area contributed by atoms with E-state index in [0.717, 1.165) is 43.4 Å². The minimum absolute atomic E-state index is 0.0512. The van der Waals surface area contributed by atoms with Gasteiger partial charge in [0.1, 0.15) is 6.54 Å². The summed E-state index contributed by atoms with van der Waals surface area (Å²) in [5.41, 5.74) is 4.81. The number of carbonyl (C=O) groups excluding carboxylic acids is 1. The Bertz CT molecular complexity index is 1210. The number of aromatic nitrogens is 2. The Balaban J connectivity index is 1.40. The maximum absolute atomic E-state index is 13.4. The molecule has 2 heterocycles. The molecule has 1 aliphatic heterocycles. The standard InChI is InChI=1S/C26H32N4O2/c1-26(2)16-23(19-8-4-5-9-20(19)26)28-14-12-18(13-15-28)30-22-11-7-6-10-21(22)29(25(30)32)17-24(31)27-3/h4-11,18,23H,12-17H2,1-3H3,(H,27,31). The van der Waals surface area contributed by atoms with Crippen LogP contribution in [0.4, 0.5) is 0 Å². The highest BCUT2D eigenvalue weighted by Gasteiger charge is 2.40. The molecule has 1 fully saturated rings. The number of carbonyl (C=O) groups is 1. The molecule has 3 aromatic rings. The van der Waals surface area contributed by atoms with Gasteiger partial charge in [-0.15, -0.1) is 0 Å². The second-order valence-electron chi connectivity index (χ2n) is 9.86. The summed E-state index contributed by atoms with van der Waals surface area (Å²) >= 11 is 0. The third-order valence-corrected chi connectivity index (χ3v) is 7.51. The highest BCUT2D eigenvalue weighted by atomic mass is 16.2. The van der Waals surface area contributed by atoms with Gasteiger partial charge in [0.25, 0.3) is 0 Å². The Labute approximate surface area is 188 Å². The predicted molar refractivity (Wildman–Crippen MR) is 127 cm³/mol. The second kappa shape index (κ2) is 7.93. The van der Waals surface area contributed by atoms with E-state index >= 15 is 0 Å². The maximum Gasteiger partial charge on any atom is 0.329 e. The summed E-state index contributed by atoms with van der Waals surface area (Å²) < 4.78 is 3.54. The van der Waals surface area contributed by atoms with Crippen LogP contribution in [0.1, 0.15) is 56.3 Å². The van der Waals surface area contributed by atoms with Crippen molar-refractivity contribution in [2.75, 3.05) is 20.1 Å². The van der Waals surface area contributed by atoms with Crippen LogP contribution in [0.2, 0.25) is 0 Å². The summed E-state index contributed by atoms with van der Waals surface area (Å²) in [6.45, 7) is 6.69. The lowest BCUT2D eigenvalue weighted by Gasteiger charge is -2.37. The van der Waals surface area contributed by atoms with Crippen molar-refractivity contribution in [2.45, 2.75) is 57.2 Å². The Morgan fingerprint density at radius 2 is 1.69 bits per heavy atom. The van der Waals surface area contributed by atoms with E-state index in [0.29, 0.717) is 6.04 Å². The average molecular weight is 433 g/mol. The Morgan fingerprint density at radius 1 is 1.03 bits per heavy atom. The van der Waals surface area contributed by atoms with Gasteiger partial charge in [-0.05, 0) is 47.9 Å². The zero-order valence-corrected chi connectivity index (χ0v) is 19.2. The summed E-state index contributed by atoms with van der Waals surface area (Å²) in [5, 5.41) is 2.63. The summed E-state index contributed by atoms with van der Waals surface area (Å²) in [4.78, 5) is 28.0. The molecule has 1 atom stereocenters. The molecule has 168 valence electrons. The van der Waals surface area contributed by atoms with Gasteiger partial charge in [-0.2, -0.15) is 0 Å². The molecular weight excluding hydrogens is 400 g/mol. The molecule has 2 aromatic carbocycles. The van der Waals surface area contributed by atoms with Gasteiger partial charge in [-0.25, -0.2) is 4.79 Å². The number of piperidine rings is 1. The zero-order valence-electron chi connectivity index (χ0n) is 19.2. The van der Waals surface area contributed by atoms with Crippen LogP contribution < -0.4 is 11.0 Å². The maximum atomic E-state index is 13.4. The van der Waals surface area contributed by atoms with Crippen molar-refractivity contribution in [1.82, 2.24) is 19.4 Å². The first-order chi connectivity index (χ1) is 15.4. The third-order valence-electron chi connectivity index (χ3n) is 7.51. The largest absolute Gasteiger partial charge is 0.358 e. The van der Waals surface area contributed by atoms with Crippen molar-refractivity contribution in [1.29, 1.82) is 0 Å². The van der Waals surface area contributed by atoms with Gasteiger partial charge in [0.05, 0.1) is 11.0 Å². The predicted octanol–water partition coefficient (Wildman–Crippen LogP) is 3.61. The topological polar surface area (TPSA) is 59.3 Å². The van der Waals surface area contributed by atoms with E-state index in [-0.39, 0.29) is 29.6 Å². The number of hydrogen-bond acceptors (Lipinski definition) is 3. The van der Waals surface area contributed by atoms with Crippen LogP contribution in [0, 0.1) is 0 Å².